The molecule has 0 aromatic carbocycles. The van der Waals surface area contributed by atoms with Crippen molar-refractivity contribution in [1.82, 2.24) is 15.3 Å². The first-order valence-corrected chi connectivity index (χ1v) is 6.80. The molecule has 0 spiro atoms. The van der Waals surface area contributed by atoms with Crippen molar-refractivity contribution in [2.24, 2.45) is 0 Å². The number of nitrogens with one attached hydrogen (secondary N) is 1. The summed E-state index contributed by atoms with van der Waals surface area (Å²) in [5, 5.41) is 3.83. The van der Waals surface area contributed by atoms with E-state index in [4.69, 9.17) is 0 Å². The van der Waals surface area contributed by atoms with E-state index in [0.717, 1.165) is 42.4 Å². The fourth-order valence-electron chi connectivity index (χ4n) is 1.91. The summed E-state index contributed by atoms with van der Waals surface area (Å²) in [7, 11) is 0. The number of hydrogen-bond donors (Lipinski definition) is 1. The quantitative estimate of drug-likeness (QED) is 0.815. The average molecular weight is 251 g/mol. The Hall–Kier alpha value is -1.10. The molecular formula is C12H17N3OS. The zero-order valence-electron chi connectivity index (χ0n) is 10.2. The van der Waals surface area contributed by atoms with Crippen LogP contribution in [0, 0.1) is 13.8 Å². The lowest BCUT2D eigenvalue weighted by atomic mass is 10.2. The number of aryl methyl sites for hydroxylation is 2. The first-order chi connectivity index (χ1) is 8.15. The molecule has 1 aliphatic heterocycles. The van der Waals surface area contributed by atoms with Gasteiger partial charge in [0, 0.05) is 12.2 Å². The van der Waals surface area contributed by atoms with Gasteiger partial charge < -0.3 is 5.32 Å². The maximum atomic E-state index is 11.8. The average Bonchev–Trinajstić information content (AvgIpc) is 2.43. The van der Waals surface area contributed by atoms with Gasteiger partial charge in [0.1, 0.15) is 10.9 Å². The van der Waals surface area contributed by atoms with Crippen LogP contribution in [-0.2, 0) is 4.79 Å². The van der Waals surface area contributed by atoms with Gasteiger partial charge >= 0.3 is 0 Å². The molecule has 1 aromatic heterocycles. The van der Waals surface area contributed by atoms with Crippen LogP contribution in [0.4, 0.5) is 0 Å². The Bertz CT molecular complexity index is 402. The number of thioether (sulfide) groups is 1. The summed E-state index contributed by atoms with van der Waals surface area (Å²) >= 11 is 1.55. The van der Waals surface area contributed by atoms with Gasteiger partial charge in [-0.05, 0) is 32.8 Å². The lowest BCUT2D eigenvalue weighted by molar-refractivity contribution is -0.120. The molecule has 5 heteroatoms. The largest absolute Gasteiger partial charge is 0.355 e. The van der Waals surface area contributed by atoms with E-state index in [1.165, 1.54) is 0 Å². The molecule has 2 heterocycles. The van der Waals surface area contributed by atoms with Crippen molar-refractivity contribution in [3.8, 4) is 0 Å². The Morgan fingerprint density at radius 2 is 2.18 bits per heavy atom. The van der Waals surface area contributed by atoms with Crippen LogP contribution in [0.5, 0.6) is 0 Å². The maximum absolute atomic E-state index is 11.8. The molecule has 0 radical (unpaired) electrons. The monoisotopic (exact) mass is 251 g/mol. The molecule has 4 nitrogen and oxygen atoms in total. The number of amides is 1. The maximum Gasteiger partial charge on any atom is 0.233 e. The number of carbonyl (C=O) groups is 1. The molecule has 1 fully saturated rings. The molecule has 1 atom stereocenters. The highest BCUT2D eigenvalue weighted by molar-refractivity contribution is 8.00. The SMILES string of the molecule is Cc1cc(SC2CCCCNC2=O)nc(C)n1. The van der Waals surface area contributed by atoms with Gasteiger partial charge in [0.05, 0.1) is 5.25 Å². The van der Waals surface area contributed by atoms with Crippen LogP contribution >= 0.6 is 11.8 Å². The first kappa shape index (κ1) is 12.4. The lowest BCUT2D eigenvalue weighted by Gasteiger charge is -2.12. The molecule has 2 rings (SSSR count). The zero-order valence-corrected chi connectivity index (χ0v) is 11.0. The molecule has 1 unspecified atom stereocenters. The van der Waals surface area contributed by atoms with E-state index in [1.807, 2.05) is 19.9 Å². The van der Waals surface area contributed by atoms with Crippen molar-refractivity contribution in [2.45, 2.75) is 43.4 Å². The van der Waals surface area contributed by atoms with Gasteiger partial charge in [0.2, 0.25) is 5.91 Å². The van der Waals surface area contributed by atoms with Crippen molar-refractivity contribution in [3.63, 3.8) is 0 Å². The molecule has 1 saturated heterocycles. The summed E-state index contributed by atoms with van der Waals surface area (Å²) in [6.07, 6.45) is 3.10. The van der Waals surface area contributed by atoms with E-state index in [1.54, 1.807) is 11.8 Å². The first-order valence-electron chi connectivity index (χ1n) is 5.92. The third kappa shape index (κ3) is 3.43. The van der Waals surface area contributed by atoms with Crippen LogP contribution in [-0.4, -0.2) is 27.7 Å². The second-order valence-electron chi connectivity index (χ2n) is 4.29. The summed E-state index contributed by atoms with van der Waals surface area (Å²) < 4.78 is 0. The highest BCUT2D eigenvalue weighted by Crippen LogP contribution is 2.26. The minimum Gasteiger partial charge on any atom is -0.355 e. The minimum absolute atomic E-state index is 0.00815. The number of nitrogens with zero attached hydrogens (tertiary/aromatic N) is 2. The zero-order chi connectivity index (χ0) is 12.3. The number of carbonyl (C=O) groups excluding carboxylic acids is 1. The van der Waals surface area contributed by atoms with Crippen LogP contribution in [0.15, 0.2) is 11.1 Å². The van der Waals surface area contributed by atoms with Gasteiger partial charge in [0.25, 0.3) is 0 Å². The third-order valence-electron chi connectivity index (χ3n) is 2.69. The predicted octanol–water partition coefficient (Wildman–Crippen LogP) is 1.85. The standard InChI is InChI=1S/C12H17N3OS/c1-8-7-11(15-9(2)14-8)17-10-5-3-4-6-13-12(10)16/h7,10H,3-6H2,1-2H3,(H,13,16). The van der Waals surface area contributed by atoms with E-state index in [2.05, 4.69) is 15.3 Å². The molecule has 92 valence electrons. The Balaban J connectivity index is 2.10. The van der Waals surface area contributed by atoms with Crippen molar-refractivity contribution in [2.75, 3.05) is 6.54 Å². The minimum atomic E-state index is -0.00815. The van der Waals surface area contributed by atoms with Crippen LogP contribution in [0.25, 0.3) is 0 Å². The smallest absolute Gasteiger partial charge is 0.233 e. The number of rotatable bonds is 2. The summed E-state index contributed by atoms with van der Waals surface area (Å²) in [5.41, 5.74) is 0.953. The Morgan fingerprint density at radius 1 is 1.35 bits per heavy atom. The fraction of sp³-hybridized carbons (Fsp3) is 0.583. The summed E-state index contributed by atoms with van der Waals surface area (Å²) in [5.74, 6) is 0.906. The molecular weight excluding hydrogens is 234 g/mol. The highest BCUT2D eigenvalue weighted by Gasteiger charge is 2.22. The molecule has 17 heavy (non-hydrogen) atoms. The van der Waals surface area contributed by atoms with E-state index >= 15 is 0 Å². The van der Waals surface area contributed by atoms with Crippen molar-refractivity contribution < 1.29 is 4.79 Å². The van der Waals surface area contributed by atoms with Crippen molar-refractivity contribution in [1.29, 1.82) is 0 Å². The molecule has 1 amide bonds. The number of hydrogen-bond acceptors (Lipinski definition) is 4. The second kappa shape index (κ2) is 5.49. The Morgan fingerprint density at radius 3 is 2.94 bits per heavy atom. The molecule has 1 aliphatic rings. The van der Waals surface area contributed by atoms with E-state index in [9.17, 15) is 4.79 Å². The third-order valence-corrected chi connectivity index (χ3v) is 3.88. The summed E-state index contributed by atoms with van der Waals surface area (Å²) in [6, 6.07) is 1.94. The van der Waals surface area contributed by atoms with E-state index < -0.39 is 0 Å². The molecule has 1 N–H and O–H groups in total. The molecule has 0 aliphatic carbocycles. The van der Waals surface area contributed by atoms with Gasteiger partial charge in [-0.1, -0.05) is 18.2 Å². The van der Waals surface area contributed by atoms with Crippen LogP contribution in [0.3, 0.4) is 0 Å². The lowest BCUT2D eigenvalue weighted by Crippen LogP contribution is -2.30. The van der Waals surface area contributed by atoms with Crippen LogP contribution in [0.2, 0.25) is 0 Å². The number of aromatic nitrogens is 2. The highest BCUT2D eigenvalue weighted by atomic mass is 32.2. The molecule has 0 bridgehead atoms. The van der Waals surface area contributed by atoms with Gasteiger partial charge in [-0.3, -0.25) is 4.79 Å². The molecule has 0 saturated carbocycles. The van der Waals surface area contributed by atoms with Gasteiger partial charge in [-0.2, -0.15) is 0 Å². The van der Waals surface area contributed by atoms with Gasteiger partial charge in [-0.15, -0.1) is 0 Å². The Kier molecular flexibility index (Phi) is 3.99. The van der Waals surface area contributed by atoms with Gasteiger partial charge in [-0.25, -0.2) is 9.97 Å². The van der Waals surface area contributed by atoms with E-state index in [-0.39, 0.29) is 11.2 Å². The topological polar surface area (TPSA) is 54.9 Å². The Labute approximate surface area is 106 Å². The predicted molar refractivity (Wildman–Crippen MR) is 68.0 cm³/mol. The fourth-order valence-corrected chi connectivity index (χ4v) is 3.10. The van der Waals surface area contributed by atoms with Crippen LogP contribution < -0.4 is 5.32 Å². The summed E-state index contributed by atoms with van der Waals surface area (Å²) in [6.45, 7) is 4.63. The summed E-state index contributed by atoms with van der Waals surface area (Å²) in [4.78, 5) is 20.4. The van der Waals surface area contributed by atoms with Crippen LogP contribution in [0.1, 0.15) is 30.8 Å². The van der Waals surface area contributed by atoms with Gasteiger partial charge in [0.15, 0.2) is 0 Å². The normalized spacial score (nSPS) is 20.8. The van der Waals surface area contributed by atoms with E-state index in [0.29, 0.717) is 0 Å². The molecule has 1 aromatic rings. The second-order valence-corrected chi connectivity index (χ2v) is 5.51. The van der Waals surface area contributed by atoms with Crippen molar-refractivity contribution in [3.05, 3.63) is 17.6 Å². The van der Waals surface area contributed by atoms with Crippen molar-refractivity contribution >= 4 is 17.7 Å².